The van der Waals surface area contributed by atoms with E-state index in [0.29, 0.717) is 16.5 Å². The van der Waals surface area contributed by atoms with Crippen LogP contribution in [0.3, 0.4) is 0 Å². The molecule has 0 bridgehead atoms. The van der Waals surface area contributed by atoms with Crippen LogP contribution in [-0.4, -0.2) is 21.6 Å². The maximum absolute atomic E-state index is 9.66. The van der Waals surface area contributed by atoms with Crippen LogP contribution in [0.15, 0.2) is 24.3 Å². The van der Waals surface area contributed by atoms with E-state index in [1.54, 1.807) is 24.3 Å². The van der Waals surface area contributed by atoms with Gasteiger partial charge in [-0.25, -0.2) is 0 Å². The van der Waals surface area contributed by atoms with E-state index in [1.165, 1.54) is 0 Å². The predicted octanol–water partition coefficient (Wildman–Crippen LogP) is 1.46. The molecule has 0 fully saturated rings. The summed E-state index contributed by atoms with van der Waals surface area (Å²) >= 11 is 3.10. The summed E-state index contributed by atoms with van der Waals surface area (Å²) in [6, 6.07) is 6.96. The van der Waals surface area contributed by atoms with Crippen molar-refractivity contribution in [2.45, 2.75) is 12.2 Å². The molecule has 2 atom stereocenters. The molecule has 0 amide bonds. The summed E-state index contributed by atoms with van der Waals surface area (Å²) in [5.74, 6) is 2.47. The molecule has 0 saturated carbocycles. The topological polar surface area (TPSA) is 40.5 Å². The Morgan fingerprint density at radius 1 is 1.43 bits per heavy atom. The molecule has 0 aliphatic carbocycles. The average Bonchev–Trinajstić information content (AvgIpc) is 2.27. The van der Waals surface area contributed by atoms with Crippen LogP contribution >= 0.6 is 15.9 Å². The number of hydrogen-bond donors (Lipinski definition) is 2. The second kappa shape index (κ2) is 5.16. The number of aliphatic hydroxyl groups excluding tert-OH is 2. The third-order valence-corrected chi connectivity index (χ3v) is 2.58. The van der Waals surface area contributed by atoms with Gasteiger partial charge in [0.25, 0.3) is 0 Å². The van der Waals surface area contributed by atoms with Gasteiger partial charge < -0.3 is 10.2 Å². The Hall–Kier alpha value is -0.820. The van der Waals surface area contributed by atoms with E-state index in [2.05, 4.69) is 21.9 Å². The number of aliphatic hydroxyl groups is 2. The van der Waals surface area contributed by atoms with Crippen molar-refractivity contribution >= 4 is 15.9 Å². The zero-order valence-corrected chi connectivity index (χ0v) is 9.11. The fraction of sp³-hybridized carbons (Fsp3) is 0.273. The average molecular weight is 255 g/mol. The quantitative estimate of drug-likeness (QED) is 0.634. The largest absolute Gasteiger partial charge is 0.389 e. The summed E-state index contributed by atoms with van der Waals surface area (Å²) in [4.78, 5) is 0. The first kappa shape index (κ1) is 11.3. The molecular formula is C11H11BrO2. The van der Waals surface area contributed by atoms with Crippen LogP contribution in [0.5, 0.6) is 0 Å². The maximum Gasteiger partial charge on any atom is 0.106 e. The van der Waals surface area contributed by atoms with Gasteiger partial charge in [0.2, 0.25) is 0 Å². The van der Waals surface area contributed by atoms with E-state index in [4.69, 9.17) is 6.42 Å². The van der Waals surface area contributed by atoms with Crippen LogP contribution in [0.1, 0.15) is 17.2 Å². The molecule has 0 aliphatic heterocycles. The lowest BCUT2D eigenvalue weighted by molar-refractivity contribution is 0.0342. The van der Waals surface area contributed by atoms with Crippen LogP contribution in [-0.2, 0) is 0 Å². The van der Waals surface area contributed by atoms with Crippen molar-refractivity contribution in [2.24, 2.45) is 0 Å². The smallest absolute Gasteiger partial charge is 0.106 e. The molecule has 2 nitrogen and oxygen atoms in total. The van der Waals surface area contributed by atoms with Crippen molar-refractivity contribution in [1.82, 2.24) is 0 Å². The first-order valence-electron chi connectivity index (χ1n) is 4.17. The Kier molecular flexibility index (Phi) is 4.15. The number of halogens is 1. The molecule has 14 heavy (non-hydrogen) atoms. The van der Waals surface area contributed by atoms with Crippen molar-refractivity contribution in [3.63, 3.8) is 0 Å². The first-order valence-corrected chi connectivity index (χ1v) is 5.30. The third-order valence-electron chi connectivity index (χ3n) is 1.92. The van der Waals surface area contributed by atoms with E-state index in [1.807, 2.05) is 0 Å². The van der Waals surface area contributed by atoms with Gasteiger partial charge in [-0.15, -0.1) is 6.42 Å². The lowest BCUT2D eigenvalue weighted by Crippen LogP contribution is -2.19. The molecule has 1 aromatic rings. The Morgan fingerprint density at radius 3 is 2.71 bits per heavy atom. The Labute approximate surface area is 91.7 Å². The highest BCUT2D eigenvalue weighted by Crippen LogP contribution is 2.18. The second-order valence-electron chi connectivity index (χ2n) is 2.94. The van der Waals surface area contributed by atoms with Crippen molar-refractivity contribution in [3.8, 4) is 12.3 Å². The molecule has 1 aromatic carbocycles. The van der Waals surface area contributed by atoms with Crippen molar-refractivity contribution in [1.29, 1.82) is 0 Å². The molecule has 0 saturated heterocycles. The molecular weight excluding hydrogens is 244 g/mol. The number of rotatable bonds is 3. The highest BCUT2D eigenvalue weighted by atomic mass is 79.9. The normalized spacial score (nSPS) is 14.4. The number of alkyl halides is 1. The molecule has 2 unspecified atom stereocenters. The first-order chi connectivity index (χ1) is 6.69. The van der Waals surface area contributed by atoms with Crippen LogP contribution in [0.2, 0.25) is 0 Å². The highest BCUT2D eigenvalue weighted by Gasteiger charge is 2.16. The lowest BCUT2D eigenvalue weighted by Gasteiger charge is -2.15. The minimum Gasteiger partial charge on any atom is -0.389 e. The van der Waals surface area contributed by atoms with E-state index in [9.17, 15) is 10.2 Å². The summed E-state index contributed by atoms with van der Waals surface area (Å²) in [6.07, 6.45) is 3.51. The van der Waals surface area contributed by atoms with Crippen LogP contribution in [0.25, 0.3) is 0 Å². The standard InChI is InChI=1S/C11H11BrO2/c1-2-8-4-3-5-9(6-8)11(14)10(13)7-12/h1,3-6,10-11,13-14H,7H2. The third kappa shape index (κ3) is 2.58. The molecule has 0 aliphatic rings. The summed E-state index contributed by atoms with van der Waals surface area (Å²) in [5, 5.41) is 19.4. The lowest BCUT2D eigenvalue weighted by atomic mass is 10.0. The monoisotopic (exact) mass is 254 g/mol. The van der Waals surface area contributed by atoms with Gasteiger partial charge in [0.1, 0.15) is 6.10 Å². The molecule has 0 heterocycles. The Morgan fingerprint density at radius 2 is 2.14 bits per heavy atom. The van der Waals surface area contributed by atoms with Gasteiger partial charge in [-0.3, -0.25) is 0 Å². The van der Waals surface area contributed by atoms with E-state index in [-0.39, 0.29) is 0 Å². The highest BCUT2D eigenvalue weighted by molar-refractivity contribution is 9.09. The summed E-state index contributed by atoms with van der Waals surface area (Å²) in [7, 11) is 0. The zero-order chi connectivity index (χ0) is 10.6. The van der Waals surface area contributed by atoms with Gasteiger partial charge >= 0.3 is 0 Å². The fourth-order valence-corrected chi connectivity index (χ4v) is 1.47. The van der Waals surface area contributed by atoms with Gasteiger partial charge in [0.15, 0.2) is 0 Å². The van der Waals surface area contributed by atoms with Crippen molar-refractivity contribution < 1.29 is 10.2 Å². The van der Waals surface area contributed by atoms with Gasteiger partial charge in [-0.2, -0.15) is 0 Å². The zero-order valence-electron chi connectivity index (χ0n) is 7.52. The van der Waals surface area contributed by atoms with Gasteiger partial charge in [0.05, 0.1) is 6.10 Å². The van der Waals surface area contributed by atoms with Crippen LogP contribution in [0, 0.1) is 12.3 Å². The predicted molar refractivity (Wildman–Crippen MR) is 59.1 cm³/mol. The van der Waals surface area contributed by atoms with Crippen LogP contribution < -0.4 is 0 Å². The Bertz CT molecular complexity index is 343. The molecule has 1 rings (SSSR count). The number of benzene rings is 1. The molecule has 0 radical (unpaired) electrons. The second-order valence-corrected chi connectivity index (χ2v) is 3.58. The molecule has 0 aromatic heterocycles. The molecule has 3 heteroatoms. The van der Waals surface area contributed by atoms with Crippen molar-refractivity contribution in [2.75, 3.05) is 5.33 Å². The maximum atomic E-state index is 9.66. The Balaban J connectivity index is 2.91. The van der Waals surface area contributed by atoms with Gasteiger partial charge in [0, 0.05) is 10.9 Å². The van der Waals surface area contributed by atoms with E-state index >= 15 is 0 Å². The van der Waals surface area contributed by atoms with Gasteiger partial charge in [-0.1, -0.05) is 34.0 Å². The van der Waals surface area contributed by atoms with Crippen LogP contribution in [0.4, 0.5) is 0 Å². The number of hydrogen-bond acceptors (Lipinski definition) is 2. The van der Waals surface area contributed by atoms with E-state index < -0.39 is 12.2 Å². The molecule has 74 valence electrons. The molecule has 0 spiro atoms. The fourth-order valence-electron chi connectivity index (χ4n) is 1.12. The SMILES string of the molecule is C#Cc1cccc(C(O)C(O)CBr)c1. The minimum absolute atomic E-state index is 0.328. The van der Waals surface area contributed by atoms with Crippen molar-refractivity contribution in [3.05, 3.63) is 35.4 Å². The van der Waals surface area contributed by atoms with Gasteiger partial charge in [-0.05, 0) is 17.7 Å². The number of terminal acetylenes is 1. The summed E-state index contributed by atoms with van der Waals surface area (Å²) in [6.45, 7) is 0. The minimum atomic E-state index is -0.900. The summed E-state index contributed by atoms with van der Waals surface area (Å²) < 4.78 is 0. The van der Waals surface area contributed by atoms with E-state index in [0.717, 1.165) is 0 Å². The molecule has 2 N–H and O–H groups in total. The summed E-state index contributed by atoms with van der Waals surface area (Å²) in [5.41, 5.74) is 1.33.